The lowest BCUT2D eigenvalue weighted by Crippen LogP contribution is -2.40. The summed E-state index contributed by atoms with van der Waals surface area (Å²) in [5.41, 5.74) is 1.14. The van der Waals surface area contributed by atoms with Crippen LogP contribution in [-0.4, -0.2) is 47.4 Å². The normalized spacial score (nSPS) is 22.6. The summed E-state index contributed by atoms with van der Waals surface area (Å²) in [7, 11) is 0. The monoisotopic (exact) mass is 298 g/mol. The van der Waals surface area contributed by atoms with Crippen molar-refractivity contribution in [2.75, 3.05) is 32.7 Å². The largest absolute Gasteiger partial charge is 0.317 e. The van der Waals surface area contributed by atoms with Crippen LogP contribution < -0.4 is 5.32 Å². The molecular weight excluding hydrogens is 272 g/mol. The summed E-state index contributed by atoms with van der Waals surface area (Å²) < 4.78 is 2.18. The van der Waals surface area contributed by atoms with Crippen molar-refractivity contribution >= 4 is 12.4 Å². The number of aryl methyl sites for hydroxylation is 1. The standard InChI is InChI=1S/C15H26N4.ClH/c1-13-4-11-19(17-13)15-5-9-18(10-6-15)12-14-2-7-16-8-3-14;/h4,11,14-16H,2-3,5-10,12H2,1H3;1H. The van der Waals surface area contributed by atoms with Crippen LogP contribution in [0.25, 0.3) is 0 Å². The second-order valence-electron chi connectivity index (χ2n) is 6.16. The predicted molar refractivity (Wildman–Crippen MR) is 84.5 cm³/mol. The van der Waals surface area contributed by atoms with Gasteiger partial charge in [-0.05, 0) is 57.7 Å². The fourth-order valence-corrected chi connectivity index (χ4v) is 3.43. The first-order valence-electron chi connectivity index (χ1n) is 7.76. The van der Waals surface area contributed by atoms with Crippen LogP contribution in [0, 0.1) is 12.8 Å². The Bertz CT molecular complexity index is 392. The van der Waals surface area contributed by atoms with Gasteiger partial charge in [-0.3, -0.25) is 4.68 Å². The molecule has 0 radical (unpaired) electrons. The molecule has 0 aromatic carbocycles. The highest BCUT2D eigenvalue weighted by Crippen LogP contribution is 2.23. The molecule has 1 aromatic heterocycles. The van der Waals surface area contributed by atoms with E-state index in [9.17, 15) is 0 Å². The van der Waals surface area contributed by atoms with E-state index in [1.54, 1.807) is 0 Å². The summed E-state index contributed by atoms with van der Waals surface area (Å²) in [5, 5.41) is 8.02. The third-order valence-corrected chi connectivity index (χ3v) is 4.65. The molecular formula is C15H27ClN4. The van der Waals surface area contributed by atoms with Crippen LogP contribution in [0.2, 0.25) is 0 Å². The van der Waals surface area contributed by atoms with Crippen LogP contribution in [0.3, 0.4) is 0 Å². The summed E-state index contributed by atoms with van der Waals surface area (Å²) in [4.78, 5) is 2.67. The molecule has 2 aliphatic rings. The molecule has 0 unspecified atom stereocenters. The van der Waals surface area contributed by atoms with Crippen molar-refractivity contribution in [2.45, 2.75) is 38.6 Å². The highest BCUT2D eigenvalue weighted by molar-refractivity contribution is 5.85. The smallest absolute Gasteiger partial charge is 0.0593 e. The van der Waals surface area contributed by atoms with Gasteiger partial charge in [0.25, 0.3) is 0 Å². The van der Waals surface area contributed by atoms with Crippen molar-refractivity contribution in [2.24, 2.45) is 5.92 Å². The number of likely N-dealkylation sites (tertiary alicyclic amines) is 1. The first-order valence-corrected chi connectivity index (χ1v) is 7.76. The second kappa shape index (κ2) is 7.43. The van der Waals surface area contributed by atoms with Gasteiger partial charge in [-0.15, -0.1) is 12.4 Å². The third kappa shape index (κ3) is 3.96. The van der Waals surface area contributed by atoms with Gasteiger partial charge in [0.1, 0.15) is 0 Å². The number of halogens is 1. The zero-order valence-electron chi connectivity index (χ0n) is 12.4. The lowest BCUT2D eigenvalue weighted by Gasteiger charge is -2.35. The number of rotatable bonds is 3. The van der Waals surface area contributed by atoms with E-state index in [-0.39, 0.29) is 12.4 Å². The number of aromatic nitrogens is 2. The minimum atomic E-state index is 0. The maximum absolute atomic E-state index is 4.56. The third-order valence-electron chi connectivity index (χ3n) is 4.65. The Morgan fingerprint density at radius 1 is 1.20 bits per heavy atom. The maximum Gasteiger partial charge on any atom is 0.0593 e. The first-order chi connectivity index (χ1) is 9.31. The Kier molecular flexibility index (Phi) is 5.87. The van der Waals surface area contributed by atoms with Gasteiger partial charge >= 0.3 is 0 Å². The van der Waals surface area contributed by atoms with Crippen molar-refractivity contribution in [1.29, 1.82) is 0 Å². The number of hydrogen-bond donors (Lipinski definition) is 1. The molecule has 1 N–H and O–H groups in total. The van der Waals surface area contributed by atoms with Gasteiger partial charge in [-0.2, -0.15) is 5.10 Å². The number of piperidine rings is 2. The van der Waals surface area contributed by atoms with Gasteiger partial charge in [0.15, 0.2) is 0 Å². The van der Waals surface area contributed by atoms with Crippen LogP contribution in [0.15, 0.2) is 12.3 Å². The molecule has 2 aliphatic heterocycles. The molecule has 20 heavy (non-hydrogen) atoms. The van der Waals surface area contributed by atoms with Crippen LogP contribution in [0.1, 0.15) is 37.4 Å². The number of nitrogens with zero attached hydrogens (tertiary/aromatic N) is 3. The van der Waals surface area contributed by atoms with Gasteiger partial charge in [0.05, 0.1) is 11.7 Å². The van der Waals surface area contributed by atoms with Gasteiger partial charge in [0, 0.05) is 25.8 Å². The minimum Gasteiger partial charge on any atom is -0.317 e. The van der Waals surface area contributed by atoms with Crippen LogP contribution in [0.5, 0.6) is 0 Å². The van der Waals surface area contributed by atoms with Crippen molar-refractivity contribution in [1.82, 2.24) is 20.0 Å². The molecule has 0 aliphatic carbocycles. The highest BCUT2D eigenvalue weighted by Gasteiger charge is 2.23. The molecule has 3 heterocycles. The van der Waals surface area contributed by atoms with Crippen molar-refractivity contribution in [3.63, 3.8) is 0 Å². The van der Waals surface area contributed by atoms with E-state index in [0.717, 1.165) is 11.6 Å². The maximum atomic E-state index is 4.56. The van der Waals surface area contributed by atoms with Gasteiger partial charge < -0.3 is 10.2 Å². The Morgan fingerprint density at radius 3 is 2.50 bits per heavy atom. The topological polar surface area (TPSA) is 33.1 Å². The molecule has 2 saturated heterocycles. The fourth-order valence-electron chi connectivity index (χ4n) is 3.43. The molecule has 1 aromatic rings. The molecule has 0 bridgehead atoms. The van der Waals surface area contributed by atoms with Crippen molar-refractivity contribution in [3.8, 4) is 0 Å². The molecule has 4 nitrogen and oxygen atoms in total. The van der Waals surface area contributed by atoms with Crippen LogP contribution in [0.4, 0.5) is 0 Å². The summed E-state index contributed by atoms with van der Waals surface area (Å²) in [6.45, 7) is 8.30. The van der Waals surface area contributed by atoms with E-state index < -0.39 is 0 Å². The SMILES string of the molecule is Cc1ccn(C2CCN(CC3CCNCC3)CC2)n1.Cl. The summed E-state index contributed by atoms with van der Waals surface area (Å²) in [6, 6.07) is 2.74. The Balaban J connectivity index is 0.00000147. The van der Waals surface area contributed by atoms with Crippen LogP contribution >= 0.6 is 12.4 Å². The molecule has 114 valence electrons. The molecule has 3 rings (SSSR count). The van der Waals surface area contributed by atoms with E-state index in [2.05, 4.69) is 39.2 Å². The van der Waals surface area contributed by atoms with Gasteiger partial charge in [-0.25, -0.2) is 0 Å². The van der Waals surface area contributed by atoms with Crippen molar-refractivity contribution in [3.05, 3.63) is 18.0 Å². The average Bonchev–Trinajstić information content (AvgIpc) is 2.87. The zero-order valence-corrected chi connectivity index (χ0v) is 13.2. The molecule has 5 heteroatoms. The summed E-state index contributed by atoms with van der Waals surface area (Å²) in [6.07, 6.45) is 7.37. The van der Waals surface area contributed by atoms with E-state index in [1.807, 2.05) is 0 Å². The van der Waals surface area contributed by atoms with Gasteiger partial charge in [-0.1, -0.05) is 0 Å². The van der Waals surface area contributed by atoms with Crippen LogP contribution in [-0.2, 0) is 0 Å². The average molecular weight is 299 g/mol. The predicted octanol–water partition coefficient (Wildman–Crippen LogP) is 2.25. The Hall–Kier alpha value is -0.580. The lowest BCUT2D eigenvalue weighted by molar-refractivity contribution is 0.146. The highest BCUT2D eigenvalue weighted by atomic mass is 35.5. The van der Waals surface area contributed by atoms with Crippen molar-refractivity contribution < 1.29 is 0 Å². The molecule has 0 amide bonds. The number of hydrogen-bond acceptors (Lipinski definition) is 3. The van der Waals surface area contributed by atoms with E-state index in [4.69, 9.17) is 0 Å². The van der Waals surface area contributed by atoms with E-state index in [0.29, 0.717) is 6.04 Å². The quantitative estimate of drug-likeness (QED) is 0.929. The first kappa shape index (κ1) is 15.8. The van der Waals surface area contributed by atoms with E-state index in [1.165, 1.54) is 58.4 Å². The van der Waals surface area contributed by atoms with E-state index >= 15 is 0 Å². The Morgan fingerprint density at radius 2 is 1.90 bits per heavy atom. The molecule has 0 spiro atoms. The zero-order chi connectivity index (χ0) is 13.1. The molecule has 2 fully saturated rings. The summed E-state index contributed by atoms with van der Waals surface area (Å²) in [5.74, 6) is 0.921. The Labute approximate surface area is 128 Å². The lowest BCUT2D eigenvalue weighted by atomic mass is 9.96. The van der Waals surface area contributed by atoms with Gasteiger partial charge in [0.2, 0.25) is 0 Å². The summed E-state index contributed by atoms with van der Waals surface area (Å²) >= 11 is 0. The number of nitrogens with one attached hydrogen (secondary N) is 1. The fraction of sp³-hybridized carbons (Fsp3) is 0.800. The second-order valence-corrected chi connectivity index (χ2v) is 6.16. The molecule has 0 saturated carbocycles. The molecule has 0 atom stereocenters. The minimum absolute atomic E-state index is 0.